The minimum absolute atomic E-state index is 0.0299. The van der Waals surface area contributed by atoms with Crippen molar-refractivity contribution < 1.29 is 31.9 Å². The first kappa shape index (κ1) is 31.1. The summed E-state index contributed by atoms with van der Waals surface area (Å²) in [6, 6.07) is 15.0. The van der Waals surface area contributed by atoms with Gasteiger partial charge in [0.2, 0.25) is 11.8 Å². The number of ether oxygens (including phenoxy) is 2. The highest BCUT2D eigenvalue weighted by molar-refractivity contribution is 7.92. The van der Waals surface area contributed by atoms with Crippen LogP contribution in [-0.2, 0) is 26.2 Å². The molecule has 0 saturated heterocycles. The molecule has 1 aliphatic rings. The molecule has 0 saturated carbocycles. The van der Waals surface area contributed by atoms with Crippen LogP contribution in [-0.4, -0.2) is 57.5 Å². The Balaban J connectivity index is 1.74. The third kappa shape index (κ3) is 7.14. The lowest BCUT2D eigenvalue weighted by atomic mass is 10.1. The number of hydrogen-bond donors (Lipinski definition) is 1. The standard InChI is InChI=1S/C30H33ClFN3O6S/c1-3-15-33-30(37)26(4-2)34(19-21-7-5-6-8-25(21)31)29(36)20-35(23-11-9-22(32)10-12-23)42(38,39)24-13-14-27-28(18-24)41-17-16-40-27/h5-14,18,26H,3-4,15-17,19-20H2,1-2H3,(H,33,37)/t26-/m0/s1. The van der Waals surface area contributed by atoms with Crippen LogP contribution in [0.1, 0.15) is 32.3 Å². The largest absolute Gasteiger partial charge is 0.486 e. The molecule has 0 unspecified atom stereocenters. The second-order valence-corrected chi connectivity index (χ2v) is 11.9. The van der Waals surface area contributed by atoms with Gasteiger partial charge in [0, 0.05) is 24.2 Å². The van der Waals surface area contributed by atoms with E-state index in [-0.39, 0.29) is 41.8 Å². The van der Waals surface area contributed by atoms with Crippen molar-refractivity contribution in [3.63, 3.8) is 0 Å². The zero-order valence-corrected chi connectivity index (χ0v) is 25.0. The quantitative estimate of drug-likeness (QED) is 0.314. The summed E-state index contributed by atoms with van der Waals surface area (Å²) in [7, 11) is -4.38. The summed E-state index contributed by atoms with van der Waals surface area (Å²) in [5, 5.41) is 3.23. The predicted molar refractivity (Wildman–Crippen MR) is 158 cm³/mol. The Kier molecular flexibility index (Phi) is 10.3. The SMILES string of the molecule is CCCNC(=O)[C@H](CC)N(Cc1ccccc1Cl)C(=O)CN(c1ccc(F)cc1)S(=O)(=O)c1ccc2c(c1)OCCO2. The number of fused-ring (bicyclic) bond motifs is 1. The minimum atomic E-state index is -4.38. The molecule has 0 aliphatic carbocycles. The van der Waals surface area contributed by atoms with Crippen LogP contribution in [0.4, 0.5) is 10.1 Å². The molecule has 1 atom stereocenters. The van der Waals surface area contributed by atoms with Gasteiger partial charge in [-0.05, 0) is 60.9 Å². The topological polar surface area (TPSA) is 105 Å². The van der Waals surface area contributed by atoms with Crippen LogP contribution in [0.25, 0.3) is 0 Å². The number of carbonyl (C=O) groups excluding carboxylic acids is 2. The maximum absolute atomic E-state index is 14.1. The smallest absolute Gasteiger partial charge is 0.264 e. The van der Waals surface area contributed by atoms with Crippen molar-refractivity contribution >= 4 is 39.1 Å². The fourth-order valence-corrected chi connectivity index (χ4v) is 6.17. The van der Waals surface area contributed by atoms with E-state index in [4.69, 9.17) is 21.1 Å². The van der Waals surface area contributed by atoms with E-state index in [0.29, 0.717) is 35.9 Å². The Morgan fingerprint density at radius 3 is 2.36 bits per heavy atom. The number of anilines is 1. The number of halogens is 2. The molecule has 224 valence electrons. The number of amides is 2. The summed E-state index contributed by atoms with van der Waals surface area (Å²) in [5.41, 5.74) is 0.665. The summed E-state index contributed by atoms with van der Waals surface area (Å²) in [4.78, 5) is 28.4. The summed E-state index contributed by atoms with van der Waals surface area (Å²) < 4.78 is 53.9. The van der Waals surface area contributed by atoms with Gasteiger partial charge in [-0.3, -0.25) is 13.9 Å². The molecule has 2 amide bonds. The van der Waals surface area contributed by atoms with E-state index in [1.54, 1.807) is 31.2 Å². The third-order valence-electron chi connectivity index (χ3n) is 6.73. The van der Waals surface area contributed by atoms with Crippen LogP contribution in [0.2, 0.25) is 5.02 Å². The van der Waals surface area contributed by atoms with E-state index in [0.717, 1.165) is 16.4 Å². The molecule has 3 aromatic carbocycles. The molecule has 1 N–H and O–H groups in total. The monoisotopic (exact) mass is 617 g/mol. The van der Waals surface area contributed by atoms with Gasteiger partial charge in [-0.1, -0.05) is 43.6 Å². The number of nitrogens with one attached hydrogen (secondary N) is 1. The molecule has 12 heteroatoms. The molecule has 0 aromatic heterocycles. The highest BCUT2D eigenvalue weighted by atomic mass is 35.5. The number of hydrogen-bond acceptors (Lipinski definition) is 6. The van der Waals surface area contributed by atoms with E-state index in [1.807, 2.05) is 6.92 Å². The number of nitrogens with zero attached hydrogens (tertiary/aromatic N) is 2. The molecular weight excluding hydrogens is 585 g/mol. The molecule has 0 radical (unpaired) electrons. The van der Waals surface area contributed by atoms with Crippen molar-refractivity contribution in [3.8, 4) is 11.5 Å². The van der Waals surface area contributed by atoms with Crippen molar-refractivity contribution in [1.29, 1.82) is 0 Å². The molecule has 0 fully saturated rings. The van der Waals surface area contributed by atoms with Gasteiger partial charge in [-0.15, -0.1) is 0 Å². The molecule has 0 bridgehead atoms. The Hall–Kier alpha value is -3.83. The summed E-state index contributed by atoms with van der Waals surface area (Å²) in [5.74, 6) is -0.909. The van der Waals surface area contributed by atoms with Crippen LogP contribution in [0.3, 0.4) is 0 Å². The van der Waals surface area contributed by atoms with E-state index < -0.39 is 34.3 Å². The van der Waals surface area contributed by atoms with Gasteiger partial charge in [0.15, 0.2) is 11.5 Å². The normalized spacial score (nSPS) is 13.2. The third-order valence-corrected chi connectivity index (χ3v) is 8.87. The van der Waals surface area contributed by atoms with E-state index in [9.17, 15) is 22.4 Å². The zero-order valence-electron chi connectivity index (χ0n) is 23.4. The molecule has 0 spiro atoms. The van der Waals surface area contributed by atoms with Gasteiger partial charge in [0.05, 0.1) is 10.6 Å². The highest BCUT2D eigenvalue weighted by Crippen LogP contribution is 2.34. The predicted octanol–water partition coefficient (Wildman–Crippen LogP) is 4.78. The van der Waals surface area contributed by atoms with Crippen LogP contribution in [0.5, 0.6) is 11.5 Å². The average Bonchev–Trinajstić information content (AvgIpc) is 2.99. The molecule has 1 heterocycles. The van der Waals surface area contributed by atoms with Gasteiger partial charge >= 0.3 is 0 Å². The van der Waals surface area contributed by atoms with Crippen molar-refractivity contribution in [2.75, 3.05) is 30.6 Å². The Morgan fingerprint density at radius 2 is 1.69 bits per heavy atom. The first-order valence-corrected chi connectivity index (χ1v) is 15.5. The van der Waals surface area contributed by atoms with Crippen LogP contribution < -0.4 is 19.1 Å². The molecule has 3 aromatic rings. The van der Waals surface area contributed by atoms with Crippen molar-refractivity contribution in [3.05, 3.63) is 83.1 Å². The minimum Gasteiger partial charge on any atom is -0.486 e. The van der Waals surface area contributed by atoms with Crippen LogP contribution >= 0.6 is 11.6 Å². The fourth-order valence-electron chi connectivity index (χ4n) is 4.54. The summed E-state index contributed by atoms with van der Waals surface area (Å²) in [6.07, 6.45) is 0.976. The second-order valence-electron chi connectivity index (χ2n) is 9.62. The zero-order chi connectivity index (χ0) is 30.3. The summed E-state index contributed by atoms with van der Waals surface area (Å²) in [6.45, 7) is 4.00. The fraction of sp³-hybridized carbons (Fsp3) is 0.333. The Morgan fingerprint density at radius 1 is 1.00 bits per heavy atom. The van der Waals surface area contributed by atoms with Gasteiger partial charge in [-0.25, -0.2) is 12.8 Å². The van der Waals surface area contributed by atoms with Crippen molar-refractivity contribution in [2.45, 2.75) is 44.2 Å². The summed E-state index contributed by atoms with van der Waals surface area (Å²) >= 11 is 6.41. The molecule has 1 aliphatic heterocycles. The van der Waals surface area contributed by atoms with Crippen molar-refractivity contribution in [2.24, 2.45) is 0 Å². The Bertz CT molecular complexity index is 1520. The maximum Gasteiger partial charge on any atom is 0.264 e. The second kappa shape index (κ2) is 13.9. The number of sulfonamides is 1. The van der Waals surface area contributed by atoms with Gasteiger partial charge in [0.25, 0.3) is 10.0 Å². The van der Waals surface area contributed by atoms with Crippen LogP contribution in [0.15, 0.2) is 71.6 Å². The number of benzene rings is 3. The molecule has 42 heavy (non-hydrogen) atoms. The van der Waals surface area contributed by atoms with E-state index >= 15 is 0 Å². The van der Waals surface area contributed by atoms with E-state index in [2.05, 4.69) is 5.32 Å². The van der Waals surface area contributed by atoms with E-state index in [1.165, 1.54) is 35.2 Å². The molecule has 9 nitrogen and oxygen atoms in total. The lowest BCUT2D eigenvalue weighted by molar-refractivity contribution is -0.140. The first-order chi connectivity index (χ1) is 20.1. The molecule has 4 rings (SSSR count). The van der Waals surface area contributed by atoms with Gasteiger partial charge < -0.3 is 19.7 Å². The van der Waals surface area contributed by atoms with Gasteiger partial charge in [0.1, 0.15) is 31.6 Å². The number of carbonyl (C=O) groups is 2. The maximum atomic E-state index is 14.1. The average molecular weight is 618 g/mol. The lowest BCUT2D eigenvalue weighted by Gasteiger charge is -2.33. The first-order valence-electron chi connectivity index (χ1n) is 13.6. The van der Waals surface area contributed by atoms with Gasteiger partial charge in [-0.2, -0.15) is 0 Å². The Labute approximate surface area is 250 Å². The lowest BCUT2D eigenvalue weighted by Crippen LogP contribution is -2.52. The molecular formula is C30H33ClFN3O6S. The van der Waals surface area contributed by atoms with Crippen molar-refractivity contribution in [1.82, 2.24) is 10.2 Å². The number of rotatable bonds is 12. The highest BCUT2D eigenvalue weighted by Gasteiger charge is 2.34. The van der Waals surface area contributed by atoms with Crippen LogP contribution in [0, 0.1) is 5.82 Å².